The molecule has 1 aliphatic heterocycles. The summed E-state index contributed by atoms with van der Waals surface area (Å²) in [5.74, 6) is 0.767. The fraction of sp³-hybridized carbons (Fsp3) is 0.231. The first kappa shape index (κ1) is 10.4. The van der Waals surface area contributed by atoms with Crippen molar-refractivity contribution in [2.45, 2.75) is 5.66 Å². The van der Waals surface area contributed by atoms with E-state index in [0.29, 0.717) is 0 Å². The Balaban J connectivity index is 2.11. The summed E-state index contributed by atoms with van der Waals surface area (Å²) in [6.07, 6.45) is 3.55. The molecule has 3 rings (SSSR count). The second-order valence-electron chi connectivity index (χ2n) is 4.04. The van der Waals surface area contributed by atoms with Gasteiger partial charge in [-0.15, -0.1) is 0 Å². The second-order valence-corrected chi connectivity index (χ2v) is 4.04. The number of hydrogen-bond donors (Lipinski definition) is 2. The van der Waals surface area contributed by atoms with Gasteiger partial charge < -0.3 is 0 Å². The Bertz CT molecular complexity index is 436. The minimum Gasteiger partial charge on any atom is -0.288 e. The molecule has 2 N–H and O–H groups in total. The van der Waals surface area contributed by atoms with Crippen LogP contribution in [0.25, 0.3) is 0 Å². The van der Waals surface area contributed by atoms with Crippen molar-refractivity contribution >= 4 is 0 Å². The summed E-state index contributed by atoms with van der Waals surface area (Å²) in [6.45, 7) is 1.82. The van der Waals surface area contributed by atoms with Gasteiger partial charge in [0.25, 0.3) is 0 Å². The standard InChI is InChI=1S/C13H14N4/c1-2-5-11(6-3-1)13(16-9-10-17-13)12-14-7-4-8-15-12/h1-8,16-17H,9-10H2. The van der Waals surface area contributed by atoms with Crippen molar-refractivity contribution < 1.29 is 0 Å². The van der Waals surface area contributed by atoms with Crippen LogP contribution in [0.15, 0.2) is 48.8 Å². The van der Waals surface area contributed by atoms with Crippen LogP contribution in [0.5, 0.6) is 0 Å². The zero-order chi connectivity index (χ0) is 11.6. The molecule has 4 heteroatoms. The molecule has 0 aliphatic carbocycles. The predicted octanol–water partition coefficient (Wildman–Crippen LogP) is 0.870. The lowest BCUT2D eigenvalue weighted by Crippen LogP contribution is -2.48. The smallest absolute Gasteiger partial charge is 0.168 e. The molecule has 1 fully saturated rings. The van der Waals surface area contributed by atoms with Crippen molar-refractivity contribution in [2.24, 2.45) is 0 Å². The Labute approximate surface area is 100 Å². The van der Waals surface area contributed by atoms with Crippen LogP contribution >= 0.6 is 0 Å². The van der Waals surface area contributed by atoms with Crippen molar-refractivity contribution in [2.75, 3.05) is 13.1 Å². The molecular formula is C13H14N4. The van der Waals surface area contributed by atoms with E-state index in [4.69, 9.17) is 0 Å². The van der Waals surface area contributed by atoms with E-state index in [9.17, 15) is 0 Å². The first-order valence-electron chi connectivity index (χ1n) is 5.75. The molecule has 2 aromatic rings. The zero-order valence-corrected chi connectivity index (χ0v) is 9.43. The number of nitrogens with one attached hydrogen (secondary N) is 2. The van der Waals surface area contributed by atoms with Gasteiger partial charge in [0.1, 0.15) is 0 Å². The molecule has 1 aliphatic rings. The highest BCUT2D eigenvalue weighted by molar-refractivity contribution is 5.32. The van der Waals surface area contributed by atoms with Crippen LogP contribution in [-0.4, -0.2) is 23.1 Å². The van der Waals surface area contributed by atoms with Crippen LogP contribution in [-0.2, 0) is 5.66 Å². The first-order valence-corrected chi connectivity index (χ1v) is 5.75. The molecule has 4 nitrogen and oxygen atoms in total. The van der Waals surface area contributed by atoms with Gasteiger partial charge in [-0.3, -0.25) is 10.6 Å². The minimum atomic E-state index is -0.442. The fourth-order valence-electron chi connectivity index (χ4n) is 2.23. The number of nitrogens with zero attached hydrogens (tertiary/aromatic N) is 2. The van der Waals surface area contributed by atoms with Gasteiger partial charge in [-0.25, -0.2) is 9.97 Å². The summed E-state index contributed by atoms with van der Waals surface area (Å²) in [4.78, 5) is 8.75. The van der Waals surface area contributed by atoms with Crippen LogP contribution in [0.3, 0.4) is 0 Å². The van der Waals surface area contributed by atoms with Gasteiger partial charge in [0.2, 0.25) is 0 Å². The zero-order valence-electron chi connectivity index (χ0n) is 9.43. The summed E-state index contributed by atoms with van der Waals surface area (Å²) in [5, 5.41) is 6.93. The van der Waals surface area contributed by atoms with Gasteiger partial charge in [-0.2, -0.15) is 0 Å². The van der Waals surface area contributed by atoms with Crippen molar-refractivity contribution in [1.29, 1.82) is 0 Å². The van der Waals surface area contributed by atoms with E-state index in [1.807, 2.05) is 24.3 Å². The first-order chi connectivity index (χ1) is 8.42. The van der Waals surface area contributed by atoms with Crippen molar-refractivity contribution in [1.82, 2.24) is 20.6 Å². The predicted molar refractivity (Wildman–Crippen MR) is 65.3 cm³/mol. The third-order valence-electron chi connectivity index (χ3n) is 3.01. The van der Waals surface area contributed by atoms with E-state index in [2.05, 4.69) is 32.7 Å². The Hall–Kier alpha value is -1.78. The lowest BCUT2D eigenvalue weighted by atomic mass is 9.99. The van der Waals surface area contributed by atoms with E-state index < -0.39 is 5.66 Å². The maximum atomic E-state index is 4.37. The maximum absolute atomic E-state index is 4.37. The average Bonchev–Trinajstić information content (AvgIpc) is 2.91. The minimum absolute atomic E-state index is 0.442. The molecule has 0 radical (unpaired) electrons. The highest BCUT2D eigenvalue weighted by Crippen LogP contribution is 2.25. The summed E-state index contributed by atoms with van der Waals surface area (Å²) in [6, 6.07) is 12.1. The monoisotopic (exact) mass is 226 g/mol. The molecule has 17 heavy (non-hydrogen) atoms. The lowest BCUT2D eigenvalue weighted by molar-refractivity contribution is 0.398. The quantitative estimate of drug-likeness (QED) is 0.798. The van der Waals surface area contributed by atoms with Gasteiger partial charge in [-0.1, -0.05) is 30.3 Å². The van der Waals surface area contributed by atoms with Gasteiger partial charge in [0, 0.05) is 25.5 Å². The largest absolute Gasteiger partial charge is 0.288 e. The van der Waals surface area contributed by atoms with Crippen molar-refractivity contribution in [3.8, 4) is 0 Å². The highest BCUT2D eigenvalue weighted by atomic mass is 15.3. The van der Waals surface area contributed by atoms with Crippen LogP contribution in [0.4, 0.5) is 0 Å². The molecule has 0 saturated carbocycles. The maximum Gasteiger partial charge on any atom is 0.168 e. The summed E-state index contributed by atoms with van der Waals surface area (Å²) < 4.78 is 0. The fourth-order valence-corrected chi connectivity index (χ4v) is 2.23. The molecule has 0 spiro atoms. The molecular weight excluding hydrogens is 212 g/mol. The van der Waals surface area contributed by atoms with E-state index in [-0.39, 0.29) is 0 Å². The highest BCUT2D eigenvalue weighted by Gasteiger charge is 2.39. The molecule has 1 saturated heterocycles. The number of rotatable bonds is 2. The number of hydrogen-bond acceptors (Lipinski definition) is 4. The lowest BCUT2D eigenvalue weighted by Gasteiger charge is -2.28. The SMILES string of the molecule is c1ccc(C2(c3ncccn3)NCCN2)cc1. The molecule has 0 unspecified atom stereocenters. The van der Waals surface area contributed by atoms with Crippen molar-refractivity contribution in [3.63, 3.8) is 0 Å². The van der Waals surface area contributed by atoms with Gasteiger partial charge in [0.05, 0.1) is 0 Å². The van der Waals surface area contributed by atoms with Gasteiger partial charge in [0.15, 0.2) is 11.5 Å². The molecule has 1 aromatic heterocycles. The van der Waals surface area contributed by atoms with E-state index in [1.54, 1.807) is 12.4 Å². The summed E-state index contributed by atoms with van der Waals surface area (Å²) in [5.41, 5.74) is 0.700. The van der Waals surface area contributed by atoms with E-state index in [0.717, 1.165) is 24.5 Å². The van der Waals surface area contributed by atoms with Crippen molar-refractivity contribution in [3.05, 3.63) is 60.2 Å². The Morgan fingerprint density at radius 2 is 1.53 bits per heavy atom. The van der Waals surface area contributed by atoms with Crippen LogP contribution in [0.1, 0.15) is 11.4 Å². The molecule has 2 heterocycles. The summed E-state index contributed by atoms with van der Waals surface area (Å²) >= 11 is 0. The third-order valence-corrected chi connectivity index (χ3v) is 3.01. The molecule has 86 valence electrons. The number of aromatic nitrogens is 2. The Morgan fingerprint density at radius 1 is 0.882 bits per heavy atom. The van der Waals surface area contributed by atoms with Crippen LogP contribution in [0.2, 0.25) is 0 Å². The van der Waals surface area contributed by atoms with Crippen LogP contribution < -0.4 is 10.6 Å². The normalized spacial score (nSPS) is 18.1. The Morgan fingerprint density at radius 3 is 2.18 bits per heavy atom. The molecule has 1 aromatic carbocycles. The van der Waals surface area contributed by atoms with E-state index >= 15 is 0 Å². The average molecular weight is 226 g/mol. The van der Waals surface area contributed by atoms with E-state index in [1.165, 1.54) is 0 Å². The van der Waals surface area contributed by atoms with Crippen LogP contribution in [0, 0.1) is 0 Å². The molecule has 0 atom stereocenters. The topological polar surface area (TPSA) is 49.8 Å². The summed E-state index contributed by atoms with van der Waals surface area (Å²) in [7, 11) is 0. The third kappa shape index (κ3) is 1.71. The second kappa shape index (κ2) is 4.24. The van der Waals surface area contributed by atoms with Gasteiger partial charge >= 0.3 is 0 Å². The molecule has 0 amide bonds. The Kier molecular flexibility index (Phi) is 2.59. The van der Waals surface area contributed by atoms with Gasteiger partial charge in [-0.05, 0) is 11.6 Å². The molecule has 0 bridgehead atoms. The number of benzene rings is 1.